The summed E-state index contributed by atoms with van der Waals surface area (Å²) < 4.78 is 6.38. The topological polar surface area (TPSA) is 154 Å². The van der Waals surface area contributed by atoms with E-state index in [1.54, 1.807) is 0 Å². The van der Waals surface area contributed by atoms with Crippen LogP contribution >= 0.6 is 11.6 Å². The molecule has 33 heavy (non-hydrogen) atoms. The second kappa shape index (κ2) is 12.1. The first-order valence-electron chi connectivity index (χ1n) is 10.9. The van der Waals surface area contributed by atoms with Crippen molar-refractivity contribution in [3.63, 3.8) is 0 Å². The van der Waals surface area contributed by atoms with Crippen molar-refractivity contribution in [3.8, 4) is 0 Å². The molecule has 0 radical (unpaired) electrons. The number of amides is 1. The molecule has 0 atom stereocenters. The summed E-state index contributed by atoms with van der Waals surface area (Å²) in [5, 5.41) is 0.289. The molecule has 1 aromatic heterocycles. The average Bonchev–Trinajstić information content (AvgIpc) is 2.77. The third kappa shape index (κ3) is 6.61. The van der Waals surface area contributed by atoms with Gasteiger partial charge in [-0.3, -0.25) is 19.1 Å². The molecule has 11 heteroatoms. The Morgan fingerprint density at radius 2 is 1.82 bits per heavy atom. The number of benzene rings is 1. The number of hydrogen-bond acceptors (Lipinski definition) is 7. The van der Waals surface area contributed by atoms with Gasteiger partial charge in [-0.25, -0.2) is 9.59 Å². The SMILES string of the molecule is CCCCCN(C(=O)COC(=O)c1cc(Cl)ccc1N)c1c(N)n(CCCC)c(=O)[nH]c1=O. The summed E-state index contributed by atoms with van der Waals surface area (Å²) in [6.07, 6.45) is 3.74. The molecule has 0 saturated heterocycles. The molecule has 0 unspecified atom stereocenters. The Bertz CT molecular complexity index is 1110. The molecular weight excluding hydrogens is 450 g/mol. The van der Waals surface area contributed by atoms with Crippen molar-refractivity contribution in [1.29, 1.82) is 0 Å². The van der Waals surface area contributed by atoms with E-state index in [1.807, 2.05) is 13.8 Å². The van der Waals surface area contributed by atoms with E-state index < -0.39 is 29.7 Å². The van der Waals surface area contributed by atoms with Crippen LogP contribution in [0.4, 0.5) is 17.2 Å². The van der Waals surface area contributed by atoms with Gasteiger partial charge in [0.1, 0.15) is 5.82 Å². The van der Waals surface area contributed by atoms with E-state index in [4.69, 9.17) is 27.8 Å². The number of unbranched alkanes of at least 4 members (excludes halogenated alkanes) is 3. The number of rotatable bonds is 11. The molecule has 180 valence electrons. The van der Waals surface area contributed by atoms with Crippen molar-refractivity contribution in [2.45, 2.75) is 52.5 Å². The molecule has 5 N–H and O–H groups in total. The van der Waals surface area contributed by atoms with Crippen LogP contribution in [0.2, 0.25) is 5.02 Å². The molecule has 0 aliphatic heterocycles. The van der Waals surface area contributed by atoms with E-state index in [9.17, 15) is 19.2 Å². The van der Waals surface area contributed by atoms with E-state index in [-0.39, 0.29) is 34.3 Å². The number of H-pyrrole nitrogens is 1. The van der Waals surface area contributed by atoms with Gasteiger partial charge in [-0.1, -0.05) is 44.7 Å². The number of nitrogens with one attached hydrogen (secondary N) is 1. The third-order valence-corrected chi connectivity index (χ3v) is 5.30. The lowest BCUT2D eigenvalue weighted by Gasteiger charge is -2.24. The smallest absolute Gasteiger partial charge is 0.340 e. The lowest BCUT2D eigenvalue weighted by atomic mass is 10.2. The highest BCUT2D eigenvalue weighted by Crippen LogP contribution is 2.21. The molecule has 2 rings (SSSR count). The molecule has 0 bridgehead atoms. The zero-order valence-electron chi connectivity index (χ0n) is 18.9. The number of aromatic nitrogens is 2. The fourth-order valence-electron chi connectivity index (χ4n) is 3.25. The fraction of sp³-hybridized carbons (Fsp3) is 0.455. The standard InChI is InChI=1S/C22H30ClN5O5/c1-3-5-7-11-27(18-19(25)28(10-6-4-2)22(32)26-20(18)30)17(29)13-33-21(31)15-12-14(23)8-9-16(15)24/h8-9,12H,3-7,10-11,13,24-25H2,1-2H3,(H,26,30,32). The second-order valence-electron chi connectivity index (χ2n) is 7.56. The molecule has 1 heterocycles. The molecule has 0 aliphatic rings. The van der Waals surface area contributed by atoms with Crippen LogP contribution in [0.15, 0.2) is 27.8 Å². The number of anilines is 3. The molecule has 10 nitrogen and oxygen atoms in total. The predicted octanol–water partition coefficient (Wildman–Crippen LogP) is 2.53. The Morgan fingerprint density at radius 1 is 1.12 bits per heavy atom. The molecular formula is C22H30ClN5O5. The van der Waals surface area contributed by atoms with Crippen molar-refractivity contribution in [2.24, 2.45) is 0 Å². The Balaban J connectivity index is 2.33. The maximum atomic E-state index is 13.0. The molecule has 1 amide bonds. The van der Waals surface area contributed by atoms with Crippen molar-refractivity contribution < 1.29 is 14.3 Å². The Morgan fingerprint density at radius 3 is 2.48 bits per heavy atom. The minimum absolute atomic E-state index is 0.0262. The quantitative estimate of drug-likeness (QED) is 0.254. The number of esters is 1. The molecule has 0 fully saturated rings. The van der Waals surface area contributed by atoms with E-state index in [1.165, 1.54) is 27.7 Å². The minimum atomic E-state index is -0.827. The van der Waals surface area contributed by atoms with Crippen LogP contribution < -0.4 is 27.6 Å². The monoisotopic (exact) mass is 479 g/mol. The lowest BCUT2D eigenvalue weighted by molar-refractivity contribution is -0.121. The van der Waals surface area contributed by atoms with Gasteiger partial charge in [0.05, 0.1) is 5.56 Å². The maximum Gasteiger partial charge on any atom is 0.340 e. The van der Waals surface area contributed by atoms with Crippen LogP contribution in [0.25, 0.3) is 0 Å². The highest BCUT2D eigenvalue weighted by atomic mass is 35.5. The first kappa shape index (κ1) is 26.0. The number of nitrogen functional groups attached to an aromatic ring is 2. The Labute approximate surface area is 196 Å². The molecule has 1 aromatic carbocycles. The van der Waals surface area contributed by atoms with Gasteiger partial charge in [-0.05, 0) is 31.0 Å². The third-order valence-electron chi connectivity index (χ3n) is 5.07. The summed E-state index contributed by atoms with van der Waals surface area (Å²) in [7, 11) is 0. The molecule has 0 spiro atoms. The van der Waals surface area contributed by atoms with Gasteiger partial charge in [0.2, 0.25) is 0 Å². The summed E-state index contributed by atoms with van der Waals surface area (Å²) in [6.45, 7) is 3.77. The second-order valence-corrected chi connectivity index (χ2v) is 7.99. The van der Waals surface area contributed by atoms with Gasteiger partial charge in [-0.2, -0.15) is 0 Å². The largest absolute Gasteiger partial charge is 0.452 e. The fourth-order valence-corrected chi connectivity index (χ4v) is 3.42. The maximum absolute atomic E-state index is 13.0. The van der Waals surface area contributed by atoms with Crippen LogP contribution in [0, 0.1) is 0 Å². The summed E-state index contributed by atoms with van der Waals surface area (Å²) >= 11 is 5.91. The number of carbonyl (C=O) groups excluding carboxylic acids is 2. The number of halogens is 1. The normalized spacial score (nSPS) is 10.8. The zero-order valence-corrected chi connectivity index (χ0v) is 19.6. The van der Waals surface area contributed by atoms with Gasteiger partial charge < -0.3 is 21.1 Å². The summed E-state index contributed by atoms with van der Waals surface area (Å²) in [6, 6.07) is 4.32. The van der Waals surface area contributed by atoms with Gasteiger partial charge in [0.25, 0.3) is 11.5 Å². The van der Waals surface area contributed by atoms with E-state index in [0.717, 1.165) is 19.3 Å². The van der Waals surface area contributed by atoms with Crippen molar-refractivity contribution in [3.05, 3.63) is 49.6 Å². The van der Waals surface area contributed by atoms with Crippen molar-refractivity contribution in [1.82, 2.24) is 9.55 Å². The summed E-state index contributed by atoms with van der Waals surface area (Å²) in [4.78, 5) is 53.7. The number of nitrogens with two attached hydrogens (primary N) is 2. The highest BCUT2D eigenvalue weighted by molar-refractivity contribution is 6.31. The van der Waals surface area contributed by atoms with Gasteiger partial charge in [-0.15, -0.1) is 0 Å². The van der Waals surface area contributed by atoms with Crippen LogP contribution in [0.5, 0.6) is 0 Å². The van der Waals surface area contributed by atoms with Gasteiger partial charge in [0.15, 0.2) is 12.3 Å². The molecule has 2 aromatic rings. The van der Waals surface area contributed by atoms with Crippen LogP contribution in [-0.4, -0.2) is 34.6 Å². The van der Waals surface area contributed by atoms with Crippen molar-refractivity contribution in [2.75, 3.05) is 29.5 Å². The van der Waals surface area contributed by atoms with E-state index in [0.29, 0.717) is 19.4 Å². The van der Waals surface area contributed by atoms with Crippen LogP contribution in [0.3, 0.4) is 0 Å². The van der Waals surface area contributed by atoms with E-state index in [2.05, 4.69) is 4.98 Å². The number of carbonyl (C=O) groups is 2. The number of aromatic amines is 1. The van der Waals surface area contributed by atoms with Gasteiger partial charge in [0, 0.05) is 23.8 Å². The Hall–Kier alpha value is -3.27. The minimum Gasteiger partial charge on any atom is -0.452 e. The number of nitrogens with zero attached hydrogens (tertiary/aromatic N) is 2. The number of hydrogen-bond donors (Lipinski definition) is 3. The average molecular weight is 480 g/mol. The van der Waals surface area contributed by atoms with Gasteiger partial charge >= 0.3 is 11.7 Å². The summed E-state index contributed by atoms with van der Waals surface area (Å²) in [5.74, 6) is -1.59. The predicted molar refractivity (Wildman–Crippen MR) is 129 cm³/mol. The van der Waals surface area contributed by atoms with Crippen LogP contribution in [0.1, 0.15) is 56.3 Å². The highest BCUT2D eigenvalue weighted by Gasteiger charge is 2.25. The molecule has 0 saturated carbocycles. The van der Waals surface area contributed by atoms with Crippen molar-refractivity contribution >= 4 is 40.7 Å². The van der Waals surface area contributed by atoms with E-state index >= 15 is 0 Å². The zero-order chi connectivity index (χ0) is 24.5. The summed E-state index contributed by atoms with van der Waals surface area (Å²) in [5.41, 5.74) is 10.6. The number of ether oxygens (including phenoxy) is 1. The lowest BCUT2D eigenvalue weighted by Crippen LogP contribution is -2.43. The first-order chi connectivity index (χ1) is 15.7. The van der Waals surface area contributed by atoms with Crippen LogP contribution in [-0.2, 0) is 16.1 Å². The first-order valence-corrected chi connectivity index (χ1v) is 11.2. The molecule has 0 aliphatic carbocycles. The Kier molecular flexibility index (Phi) is 9.53.